The molecule has 0 aromatic heterocycles. The molecule has 5 heteroatoms. The third-order valence-corrected chi connectivity index (χ3v) is 2.97. The van der Waals surface area contributed by atoms with Gasteiger partial charge in [0.15, 0.2) is 0 Å². The highest BCUT2D eigenvalue weighted by Gasteiger charge is 1.97. The van der Waals surface area contributed by atoms with Gasteiger partial charge in [0.1, 0.15) is 5.75 Å². The summed E-state index contributed by atoms with van der Waals surface area (Å²) in [5.74, 6) is 1.43. The summed E-state index contributed by atoms with van der Waals surface area (Å²) >= 11 is 7.30. The maximum atomic E-state index is 10.2. The zero-order chi connectivity index (χ0) is 11.8. The van der Waals surface area contributed by atoms with E-state index in [2.05, 4.69) is 0 Å². The topological polar surface area (TPSA) is 46.5 Å². The summed E-state index contributed by atoms with van der Waals surface area (Å²) < 4.78 is 5.44. The van der Waals surface area contributed by atoms with Crippen molar-refractivity contribution in [1.82, 2.24) is 0 Å². The summed E-state index contributed by atoms with van der Waals surface area (Å²) in [7, 11) is 0. The third-order valence-electron chi connectivity index (χ3n) is 1.77. The fraction of sp³-hybridized carbons (Fsp3) is 0.364. The van der Waals surface area contributed by atoms with Crippen molar-refractivity contribution in [2.45, 2.75) is 6.42 Å². The Morgan fingerprint density at radius 3 is 2.62 bits per heavy atom. The molecule has 0 amide bonds. The second-order valence-corrected chi connectivity index (χ2v) is 4.72. The molecule has 0 radical (unpaired) electrons. The SMILES string of the molecule is O=C(O)CCSCCOc1ccc(Cl)cc1. The van der Waals surface area contributed by atoms with Crippen LogP contribution in [0.25, 0.3) is 0 Å². The van der Waals surface area contributed by atoms with E-state index in [1.165, 1.54) is 0 Å². The number of aliphatic carboxylic acids is 1. The van der Waals surface area contributed by atoms with E-state index in [9.17, 15) is 4.79 Å². The number of ether oxygens (including phenoxy) is 1. The van der Waals surface area contributed by atoms with E-state index < -0.39 is 5.97 Å². The van der Waals surface area contributed by atoms with E-state index in [1.54, 1.807) is 23.9 Å². The molecular formula is C11H13ClO3S. The fourth-order valence-corrected chi connectivity index (χ4v) is 1.86. The maximum Gasteiger partial charge on any atom is 0.304 e. The Morgan fingerprint density at radius 1 is 1.31 bits per heavy atom. The van der Waals surface area contributed by atoms with Crippen LogP contribution >= 0.6 is 23.4 Å². The van der Waals surface area contributed by atoms with Gasteiger partial charge in [-0.2, -0.15) is 11.8 Å². The highest BCUT2D eigenvalue weighted by Crippen LogP contribution is 2.15. The minimum atomic E-state index is -0.758. The van der Waals surface area contributed by atoms with Crippen LogP contribution in [-0.4, -0.2) is 29.2 Å². The fourth-order valence-electron chi connectivity index (χ4n) is 1.01. The summed E-state index contributed by atoms with van der Waals surface area (Å²) in [6.45, 7) is 0.575. The number of benzene rings is 1. The molecule has 1 N–H and O–H groups in total. The van der Waals surface area contributed by atoms with Crippen LogP contribution in [0.2, 0.25) is 5.02 Å². The molecule has 0 unspecified atom stereocenters. The summed E-state index contributed by atoms with van der Waals surface area (Å²) in [5, 5.41) is 9.10. The average molecular weight is 261 g/mol. The van der Waals surface area contributed by atoms with E-state index in [4.69, 9.17) is 21.4 Å². The second kappa shape index (κ2) is 7.41. The Morgan fingerprint density at radius 2 is 2.00 bits per heavy atom. The van der Waals surface area contributed by atoms with Gasteiger partial charge < -0.3 is 9.84 Å². The van der Waals surface area contributed by atoms with Gasteiger partial charge in [0, 0.05) is 16.5 Å². The minimum absolute atomic E-state index is 0.200. The van der Waals surface area contributed by atoms with Gasteiger partial charge >= 0.3 is 5.97 Å². The smallest absolute Gasteiger partial charge is 0.304 e. The highest BCUT2D eigenvalue weighted by molar-refractivity contribution is 7.99. The molecule has 0 bridgehead atoms. The van der Waals surface area contributed by atoms with Crippen molar-refractivity contribution in [3.05, 3.63) is 29.3 Å². The molecule has 0 saturated heterocycles. The van der Waals surface area contributed by atoms with Crippen molar-refractivity contribution in [1.29, 1.82) is 0 Å². The molecule has 0 aliphatic carbocycles. The standard InChI is InChI=1S/C11H13ClO3S/c12-9-1-3-10(4-2-9)15-6-8-16-7-5-11(13)14/h1-4H,5-8H2,(H,13,14). The largest absolute Gasteiger partial charge is 0.493 e. The summed E-state index contributed by atoms with van der Waals surface area (Å²) in [5.41, 5.74) is 0. The van der Waals surface area contributed by atoms with Crippen molar-refractivity contribution < 1.29 is 14.6 Å². The van der Waals surface area contributed by atoms with Crippen molar-refractivity contribution >= 4 is 29.3 Å². The summed E-state index contributed by atoms with van der Waals surface area (Å²) in [4.78, 5) is 10.2. The van der Waals surface area contributed by atoms with Crippen LogP contribution in [0.3, 0.4) is 0 Å². The molecule has 0 aliphatic rings. The molecule has 0 spiro atoms. The van der Waals surface area contributed by atoms with Gasteiger partial charge in [-0.25, -0.2) is 0 Å². The van der Waals surface area contributed by atoms with E-state index in [1.807, 2.05) is 12.1 Å². The predicted octanol–water partition coefficient (Wildman–Crippen LogP) is 2.93. The average Bonchev–Trinajstić information content (AvgIpc) is 2.25. The number of carbonyl (C=O) groups is 1. The molecule has 0 fully saturated rings. The van der Waals surface area contributed by atoms with Crippen molar-refractivity contribution in [3.8, 4) is 5.75 Å². The molecule has 16 heavy (non-hydrogen) atoms. The van der Waals surface area contributed by atoms with Gasteiger partial charge in [0.2, 0.25) is 0 Å². The number of carboxylic acid groups (broad SMARTS) is 1. The molecular weight excluding hydrogens is 248 g/mol. The first-order valence-electron chi connectivity index (χ1n) is 4.86. The first-order valence-corrected chi connectivity index (χ1v) is 6.39. The van der Waals surface area contributed by atoms with Crippen molar-refractivity contribution in [2.75, 3.05) is 18.1 Å². The van der Waals surface area contributed by atoms with Crippen LogP contribution in [-0.2, 0) is 4.79 Å². The highest BCUT2D eigenvalue weighted by atomic mass is 35.5. The molecule has 0 heterocycles. The monoisotopic (exact) mass is 260 g/mol. The number of rotatable bonds is 7. The van der Waals surface area contributed by atoms with Crippen LogP contribution in [0.5, 0.6) is 5.75 Å². The Hall–Kier alpha value is -0.870. The van der Waals surface area contributed by atoms with Crippen molar-refractivity contribution in [3.63, 3.8) is 0 Å². The lowest BCUT2D eigenvalue weighted by molar-refractivity contribution is -0.136. The van der Waals surface area contributed by atoms with Gasteiger partial charge in [-0.05, 0) is 24.3 Å². The van der Waals surface area contributed by atoms with Gasteiger partial charge in [0.05, 0.1) is 13.0 Å². The zero-order valence-corrected chi connectivity index (χ0v) is 10.3. The number of halogens is 1. The van der Waals surface area contributed by atoms with Gasteiger partial charge in [0.25, 0.3) is 0 Å². The first-order chi connectivity index (χ1) is 7.68. The molecule has 1 aromatic carbocycles. The lowest BCUT2D eigenvalue weighted by Gasteiger charge is -2.05. The normalized spacial score (nSPS) is 10.1. The third kappa shape index (κ3) is 5.88. The summed E-state index contributed by atoms with van der Waals surface area (Å²) in [6, 6.07) is 7.16. The maximum absolute atomic E-state index is 10.2. The zero-order valence-electron chi connectivity index (χ0n) is 8.69. The molecule has 1 aromatic rings. The van der Waals surface area contributed by atoms with Crippen LogP contribution in [0, 0.1) is 0 Å². The molecule has 88 valence electrons. The number of carboxylic acids is 1. The molecule has 0 atom stereocenters. The van der Waals surface area contributed by atoms with Gasteiger partial charge in [-0.15, -0.1) is 0 Å². The molecule has 3 nitrogen and oxygen atoms in total. The Labute approximate surface area is 104 Å². The Balaban J connectivity index is 2.07. The van der Waals surface area contributed by atoms with Crippen LogP contribution in [0.4, 0.5) is 0 Å². The van der Waals surface area contributed by atoms with Gasteiger partial charge in [-0.1, -0.05) is 11.6 Å². The Bertz CT molecular complexity index is 327. The van der Waals surface area contributed by atoms with Crippen molar-refractivity contribution in [2.24, 2.45) is 0 Å². The summed E-state index contributed by atoms with van der Waals surface area (Å²) in [6.07, 6.45) is 0.200. The van der Waals surface area contributed by atoms with Gasteiger partial charge in [-0.3, -0.25) is 4.79 Å². The number of hydrogen-bond acceptors (Lipinski definition) is 3. The predicted molar refractivity (Wildman–Crippen MR) is 66.5 cm³/mol. The first kappa shape index (κ1) is 13.2. The number of hydrogen-bond donors (Lipinski definition) is 1. The van der Waals surface area contributed by atoms with E-state index in [0.29, 0.717) is 17.4 Å². The van der Waals surface area contributed by atoms with Crippen LogP contribution < -0.4 is 4.74 Å². The molecule has 0 saturated carbocycles. The molecule has 1 rings (SSSR count). The van der Waals surface area contributed by atoms with E-state index >= 15 is 0 Å². The molecule has 0 aliphatic heterocycles. The lowest BCUT2D eigenvalue weighted by atomic mass is 10.3. The number of thioether (sulfide) groups is 1. The minimum Gasteiger partial charge on any atom is -0.493 e. The van der Waals surface area contributed by atoms with E-state index in [0.717, 1.165) is 11.5 Å². The van der Waals surface area contributed by atoms with E-state index in [-0.39, 0.29) is 6.42 Å². The quantitative estimate of drug-likeness (QED) is 0.766. The van der Waals surface area contributed by atoms with Crippen LogP contribution in [0.1, 0.15) is 6.42 Å². The lowest BCUT2D eigenvalue weighted by Crippen LogP contribution is -2.02. The second-order valence-electron chi connectivity index (χ2n) is 3.06. The van der Waals surface area contributed by atoms with Crippen LogP contribution in [0.15, 0.2) is 24.3 Å². The Kier molecular flexibility index (Phi) is 6.11.